The van der Waals surface area contributed by atoms with E-state index in [0.717, 1.165) is 11.6 Å². The maximum atomic E-state index is 12.7. The number of ether oxygens (including phenoxy) is 1. The van der Waals surface area contributed by atoms with Crippen molar-refractivity contribution in [1.29, 1.82) is 0 Å². The average Bonchev–Trinajstić information content (AvgIpc) is 2.59. The molecule has 1 fully saturated rings. The molecule has 1 saturated heterocycles. The van der Waals surface area contributed by atoms with E-state index in [4.69, 9.17) is 4.74 Å². The maximum Gasteiger partial charge on any atom is 0.295 e. The van der Waals surface area contributed by atoms with Crippen LogP contribution in [-0.2, 0) is 14.8 Å². The number of morpholine rings is 1. The molecule has 26 heavy (non-hydrogen) atoms. The van der Waals surface area contributed by atoms with Gasteiger partial charge in [0.2, 0.25) is 10.0 Å². The van der Waals surface area contributed by atoms with Crippen LogP contribution in [0.15, 0.2) is 39.8 Å². The first kappa shape index (κ1) is 20.0. The summed E-state index contributed by atoms with van der Waals surface area (Å²) in [6.07, 6.45) is 1.82. The van der Waals surface area contributed by atoms with Crippen LogP contribution in [0.4, 0.5) is 11.4 Å². The number of nitrogens with zero attached hydrogens (tertiary/aromatic N) is 3. The predicted octanol–water partition coefficient (Wildman–Crippen LogP) is 2.37. The lowest BCUT2D eigenvalue weighted by molar-refractivity contribution is -0.384. The van der Waals surface area contributed by atoms with Crippen LogP contribution < -0.4 is 5.43 Å². The minimum atomic E-state index is -3.81. The van der Waals surface area contributed by atoms with Crippen molar-refractivity contribution in [2.75, 3.05) is 31.7 Å². The van der Waals surface area contributed by atoms with E-state index < -0.39 is 14.9 Å². The highest BCUT2D eigenvalue weighted by molar-refractivity contribution is 7.89. The first-order valence-electron chi connectivity index (χ1n) is 8.03. The molecule has 1 aromatic carbocycles. The van der Waals surface area contributed by atoms with Gasteiger partial charge in [0.15, 0.2) is 0 Å². The van der Waals surface area contributed by atoms with Gasteiger partial charge in [-0.25, -0.2) is 8.42 Å². The third-order valence-electron chi connectivity index (χ3n) is 3.62. The Morgan fingerprint density at radius 3 is 2.54 bits per heavy atom. The van der Waals surface area contributed by atoms with Gasteiger partial charge in [-0.3, -0.25) is 15.5 Å². The fraction of sp³-hybridized carbons (Fsp3) is 0.438. The number of sulfonamides is 1. The molecule has 0 amide bonds. The molecule has 1 aromatic rings. The number of benzene rings is 1. The lowest BCUT2D eigenvalue weighted by atomic mass is 10.2. The van der Waals surface area contributed by atoms with Crippen molar-refractivity contribution in [2.45, 2.75) is 25.7 Å². The third kappa shape index (κ3) is 4.87. The van der Waals surface area contributed by atoms with E-state index in [1.165, 1.54) is 16.4 Å². The van der Waals surface area contributed by atoms with E-state index in [2.05, 4.69) is 10.5 Å². The SMILES string of the molecule is CC(C)=C/C(C)=N/Nc1ccc(S(=O)(=O)N2CCOCC2)cc1[N+](=O)[O-]. The summed E-state index contributed by atoms with van der Waals surface area (Å²) in [4.78, 5) is 10.6. The summed E-state index contributed by atoms with van der Waals surface area (Å²) in [6.45, 7) is 6.63. The van der Waals surface area contributed by atoms with Crippen LogP contribution in [0, 0.1) is 10.1 Å². The minimum Gasteiger partial charge on any atom is -0.379 e. The number of rotatable bonds is 6. The molecule has 0 saturated carbocycles. The number of hydrogen-bond donors (Lipinski definition) is 1. The van der Waals surface area contributed by atoms with Crippen LogP contribution >= 0.6 is 0 Å². The highest BCUT2D eigenvalue weighted by Crippen LogP contribution is 2.29. The van der Waals surface area contributed by atoms with Gasteiger partial charge in [-0.2, -0.15) is 9.41 Å². The Kier molecular flexibility index (Phi) is 6.46. The molecule has 0 atom stereocenters. The van der Waals surface area contributed by atoms with Crippen LogP contribution in [0.25, 0.3) is 0 Å². The standard InChI is InChI=1S/C16H22N4O5S/c1-12(2)10-13(3)17-18-15-5-4-14(11-16(15)20(21)22)26(23,24)19-6-8-25-9-7-19/h4-5,10-11,18H,6-9H2,1-3H3/b17-13+. The van der Waals surface area contributed by atoms with Gasteiger partial charge in [-0.15, -0.1) is 0 Å². The van der Waals surface area contributed by atoms with Crippen LogP contribution in [0.2, 0.25) is 0 Å². The zero-order valence-electron chi connectivity index (χ0n) is 14.9. The number of hydrazone groups is 1. The van der Waals surface area contributed by atoms with Crippen molar-refractivity contribution in [3.05, 3.63) is 40.0 Å². The summed E-state index contributed by atoms with van der Waals surface area (Å²) in [6, 6.07) is 3.75. The van der Waals surface area contributed by atoms with Crippen LogP contribution in [0.3, 0.4) is 0 Å². The second-order valence-electron chi connectivity index (χ2n) is 6.04. The Balaban J connectivity index is 2.34. The number of allylic oxidation sites excluding steroid dienone is 2. The van der Waals surface area contributed by atoms with Crippen molar-refractivity contribution in [2.24, 2.45) is 5.10 Å². The number of anilines is 1. The van der Waals surface area contributed by atoms with Gasteiger partial charge >= 0.3 is 0 Å². The lowest BCUT2D eigenvalue weighted by Crippen LogP contribution is -2.40. The highest BCUT2D eigenvalue weighted by Gasteiger charge is 2.28. The zero-order valence-corrected chi connectivity index (χ0v) is 15.7. The second kappa shape index (κ2) is 8.39. The van der Waals surface area contributed by atoms with Gasteiger partial charge in [0.1, 0.15) is 5.69 Å². The summed E-state index contributed by atoms with van der Waals surface area (Å²) in [5.41, 5.74) is 4.08. The molecule has 1 aliphatic heterocycles. The first-order valence-corrected chi connectivity index (χ1v) is 9.47. The molecule has 2 rings (SSSR count). The molecule has 0 aromatic heterocycles. The molecule has 0 unspecified atom stereocenters. The first-order chi connectivity index (χ1) is 12.2. The third-order valence-corrected chi connectivity index (χ3v) is 5.52. The van der Waals surface area contributed by atoms with E-state index in [9.17, 15) is 18.5 Å². The Morgan fingerprint density at radius 2 is 1.96 bits per heavy atom. The van der Waals surface area contributed by atoms with Crippen LogP contribution in [-0.4, -0.2) is 49.7 Å². The Bertz CT molecular complexity index is 838. The zero-order chi connectivity index (χ0) is 19.3. The van der Waals surface area contributed by atoms with Crippen molar-refractivity contribution >= 4 is 27.1 Å². The molecule has 0 aliphatic carbocycles. The quantitative estimate of drug-likeness (QED) is 0.459. The molecular formula is C16H22N4O5S. The minimum absolute atomic E-state index is 0.123. The molecule has 1 heterocycles. The summed E-state index contributed by atoms with van der Waals surface area (Å²) in [5, 5.41) is 15.4. The van der Waals surface area contributed by atoms with E-state index >= 15 is 0 Å². The van der Waals surface area contributed by atoms with Gasteiger partial charge in [0, 0.05) is 19.2 Å². The topological polar surface area (TPSA) is 114 Å². The summed E-state index contributed by atoms with van der Waals surface area (Å²) in [5.74, 6) is 0. The summed E-state index contributed by atoms with van der Waals surface area (Å²) < 4.78 is 31.7. The lowest BCUT2D eigenvalue weighted by Gasteiger charge is -2.26. The van der Waals surface area contributed by atoms with Gasteiger partial charge in [0.25, 0.3) is 5.69 Å². The fourth-order valence-corrected chi connectivity index (χ4v) is 3.88. The molecule has 0 spiro atoms. The molecule has 10 heteroatoms. The number of nitro benzene ring substituents is 1. The normalized spacial score (nSPS) is 16.2. The van der Waals surface area contributed by atoms with E-state index in [-0.39, 0.29) is 29.4 Å². The molecule has 1 N–H and O–H groups in total. The number of nitrogens with one attached hydrogen (secondary N) is 1. The highest BCUT2D eigenvalue weighted by atomic mass is 32.2. The van der Waals surface area contributed by atoms with E-state index in [0.29, 0.717) is 18.9 Å². The fourth-order valence-electron chi connectivity index (χ4n) is 2.45. The van der Waals surface area contributed by atoms with E-state index in [1.807, 2.05) is 19.9 Å². The number of hydrogen-bond acceptors (Lipinski definition) is 7. The number of nitro groups is 1. The maximum absolute atomic E-state index is 12.7. The monoisotopic (exact) mass is 382 g/mol. The summed E-state index contributed by atoms with van der Waals surface area (Å²) in [7, 11) is -3.81. The largest absolute Gasteiger partial charge is 0.379 e. The molecular weight excluding hydrogens is 360 g/mol. The van der Waals surface area contributed by atoms with Crippen LogP contribution in [0.5, 0.6) is 0 Å². The van der Waals surface area contributed by atoms with Crippen molar-refractivity contribution in [3.8, 4) is 0 Å². The summed E-state index contributed by atoms with van der Waals surface area (Å²) >= 11 is 0. The van der Waals surface area contributed by atoms with Gasteiger partial charge in [0.05, 0.1) is 28.7 Å². The molecule has 0 bridgehead atoms. The van der Waals surface area contributed by atoms with Crippen molar-refractivity contribution < 1.29 is 18.1 Å². The molecule has 142 valence electrons. The van der Waals surface area contributed by atoms with Gasteiger partial charge in [-0.1, -0.05) is 5.57 Å². The predicted molar refractivity (Wildman–Crippen MR) is 98.8 cm³/mol. The van der Waals surface area contributed by atoms with Crippen molar-refractivity contribution in [1.82, 2.24) is 4.31 Å². The molecule has 9 nitrogen and oxygen atoms in total. The van der Waals surface area contributed by atoms with Gasteiger partial charge in [-0.05, 0) is 39.0 Å². The smallest absolute Gasteiger partial charge is 0.295 e. The second-order valence-corrected chi connectivity index (χ2v) is 7.98. The molecule has 0 radical (unpaired) electrons. The van der Waals surface area contributed by atoms with E-state index in [1.54, 1.807) is 6.92 Å². The Morgan fingerprint density at radius 1 is 1.31 bits per heavy atom. The average molecular weight is 382 g/mol. The Hall–Kier alpha value is -2.30. The Labute approximate surface area is 152 Å². The molecule has 1 aliphatic rings. The van der Waals surface area contributed by atoms with Crippen molar-refractivity contribution in [3.63, 3.8) is 0 Å². The van der Waals surface area contributed by atoms with Crippen LogP contribution in [0.1, 0.15) is 20.8 Å². The van der Waals surface area contributed by atoms with Gasteiger partial charge < -0.3 is 4.74 Å².